The van der Waals surface area contributed by atoms with Gasteiger partial charge in [-0.3, -0.25) is 0 Å². The molecule has 2 saturated carbocycles. The van der Waals surface area contributed by atoms with Crippen molar-refractivity contribution in [3.8, 4) is 5.75 Å². The summed E-state index contributed by atoms with van der Waals surface area (Å²) in [6, 6.07) is 4.03. The Hall–Kier alpha value is -1.58. The fraction of sp³-hybridized carbons (Fsp3) is 0.562. The van der Waals surface area contributed by atoms with Crippen LogP contribution in [-0.2, 0) is 0 Å². The van der Waals surface area contributed by atoms with E-state index in [1.807, 2.05) is 0 Å². The standard InChI is InChI=1S/C16H19FO3/c17-13-10-11(4-5-12(13)15(18)19)20-14-6-9-16(14)7-2-1-3-8-16/h4-5,10,14H,1-3,6-9H2,(H,18,19). The fourth-order valence-electron chi connectivity index (χ4n) is 3.59. The van der Waals surface area contributed by atoms with Crippen LogP contribution in [0.3, 0.4) is 0 Å². The van der Waals surface area contributed by atoms with E-state index in [9.17, 15) is 9.18 Å². The van der Waals surface area contributed by atoms with Gasteiger partial charge >= 0.3 is 5.97 Å². The fourth-order valence-corrected chi connectivity index (χ4v) is 3.59. The van der Waals surface area contributed by atoms with Crippen molar-refractivity contribution in [1.82, 2.24) is 0 Å². The third-order valence-corrected chi connectivity index (χ3v) is 4.89. The van der Waals surface area contributed by atoms with Crippen LogP contribution in [0, 0.1) is 11.2 Å². The van der Waals surface area contributed by atoms with Gasteiger partial charge in [-0.2, -0.15) is 0 Å². The maximum atomic E-state index is 13.6. The Bertz CT molecular complexity index is 520. The summed E-state index contributed by atoms with van der Waals surface area (Å²) in [7, 11) is 0. The number of rotatable bonds is 3. The average Bonchev–Trinajstić information content (AvgIpc) is 2.44. The first kappa shape index (κ1) is 13.4. The van der Waals surface area contributed by atoms with Crippen molar-refractivity contribution in [3.63, 3.8) is 0 Å². The first-order valence-electron chi connectivity index (χ1n) is 7.30. The summed E-state index contributed by atoms with van der Waals surface area (Å²) < 4.78 is 19.6. The quantitative estimate of drug-likeness (QED) is 0.908. The van der Waals surface area contributed by atoms with Crippen LogP contribution in [0.25, 0.3) is 0 Å². The predicted molar refractivity (Wildman–Crippen MR) is 72.5 cm³/mol. The molecule has 1 aromatic rings. The molecule has 0 heterocycles. The highest BCUT2D eigenvalue weighted by atomic mass is 19.1. The second kappa shape index (κ2) is 5.08. The Kier molecular flexibility index (Phi) is 3.40. The first-order chi connectivity index (χ1) is 9.61. The summed E-state index contributed by atoms with van der Waals surface area (Å²) >= 11 is 0. The highest BCUT2D eigenvalue weighted by Gasteiger charge is 2.48. The van der Waals surface area contributed by atoms with Crippen molar-refractivity contribution in [1.29, 1.82) is 0 Å². The summed E-state index contributed by atoms with van der Waals surface area (Å²) in [5.74, 6) is -1.53. The van der Waals surface area contributed by atoms with Crippen molar-refractivity contribution < 1.29 is 19.0 Å². The normalized spacial score (nSPS) is 24.1. The minimum absolute atomic E-state index is 0.165. The molecule has 0 saturated heterocycles. The monoisotopic (exact) mass is 278 g/mol. The van der Waals surface area contributed by atoms with Crippen LogP contribution >= 0.6 is 0 Å². The lowest BCUT2D eigenvalue weighted by molar-refractivity contribution is -0.0704. The van der Waals surface area contributed by atoms with Crippen molar-refractivity contribution in [2.45, 2.75) is 51.0 Å². The minimum atomic E-state index is -1.25. The molecule has 108 valence electrons. The number of aromatic carboxylic acids is 1. The number of carboxylic acids is 1. The lowest BCUT2D eigenvalue weighted by Gasteiger charge is -2.51. The van der Waals surface area contributed by atoms with E-state index in [0.29, 0.717) is 11.2 Å². The molecule has 20 heavy (non-hydrogen) atoms. The molecule has 1 aromatic carbocycles. The number of hydrogen-bond acceptors (Lipinski definition) is 2. The largest absolute Gasteiger partial charge is 0.490 e. The molecule has 0 radical (unpaired) electrons. The van der Waals surface area contributed by atoms with Gasteiger partial charge in [-0.25, -0.2) is 9.18 Å². The Morgan fingerprint density at radius 2 is 2.00 bits per heavy atom. The van der Waals surface area contributed by atoms with Crippen LogP contribution in [0.2, 0.25) is 0 Å². The average molecular weight is 278 g/mol. The van der Waals surface area contributed by atoms with Gasteiger partial charge in [0.1, 0.15) is 17.7 Å². The molecule has 0 aromatic heterocycles. The number of halogens is 1. The van der Waals surface area contributed by atoms with Gasteiger partial charge in [0, 0.05) is 11.5 Å². The summed E-state index contributed by atoms with van der Waals surface area (Å²) in [6.07, 6.45) is 8.60. The van der Waals surface area contributed by atoms with Crippen LogP contribution < -0.4 is 4.74 Å². The molecule has 0 amide bonds. The maximum absolute atomic E-state index is 13.6. The van der Waals surface area contributed by atoms with Crippen molar-refractivity contribution >= 4 is 5.97 Å². The van der Waals surface area contributed by atoms with Crippen LogP contribution in [0.4, 0.5) is 4.39 Å². The topological polar surface area (TPSA) is 46.5 Å². The van der Waals surface area contributed by atoms with E-state index < -0.39 is 11.8 Å². The van der Waals surface area contributed by atoms with Gasteiger partial charge in [0.15, 0.2) is 0 Å². The Morgan fingerprint density at radius 1 is 1.25 bits per heavy atom. The summed E-state index contributed by atoms with van der Waals surface area (Å²) in [5, 5.41) is 8.81. The zero-order valence-electron chi connectivity index (χ0n) is 11.4. The minimum Gasteiger partial charge on any atom is -0.490 e. The molecule has 4 heteroatoms. The van der Waals surface area contributed by atoms with Crippen LogP contribution in [-0.4, -0.2) is 17.2 Å². The predicted octanol–water partition coefficient (Wildman–Crippen LogP) is 4.02. The van der Waals surface area contributed by atoms with Crippen molar-refractivity contribution in [2.75, 3.05) is 0 Å². The second-order valence-electron chi connectivity index (χ2n) is 6.02. The van der Waals surface area contributed by atoms with Gasteiger partial charge in [-0.1, -0.05) is 19.3 Å². The van der Waals surface area contributed by atoms with Crippen molar-refractivity contribution in [2.24, 2.45) is 5.41 Å². The van der Waals surface area contributed by atoms with E-state index in [2.05, 4.69) is 0 Å². The van der Waals surface area contributed by atoms with E-state index in [4.69, 9.17) is 9.84 Å². The number of carbonyl (C=O) groups is 1. The Labute approximate surface area is 117 Å². The molecule has 0 bridgehead atoms. The molecular formula is C16H19FO3. The molecule has 1 unspecified atom stereocenters. The van der Waals surface area contributed by atoms with Gasteiger partial charge in [-0.15, -0.1) is 0 Å². The molecule has 0 aliphatic heterocycles. The van der Waals surface area contributed by atoms with Gasteiger partial charge in [0.05, 0.1) is 5.56 Å². The smallest absolute Gasteiger partial charge is 0.338 e. The number of ether oxygens (including phenoxy) is 1. The van der Waals surface area contributed by atoms with Crippen LogP contribution in [0.5, 0.6) is 5.75 Å². The second-order valence-corrected chi connectivity index (χ2v) is 6.02. The number of benzene rings is 1. The molecule has 2 fully saturated rings. The molecule has 2 aliphatic carbocycles. The van der Waals surface area contributed by atoms with E-state index in [0.717, 1.165) is 6.42 Å². The van der Waals surface area contributed by atoms with Crippen molar-refractivity contribution in [3.05, 3.63) is 29.6 Å². The summed E-state index contributed by atoms with van der Waals surface area (Å²) in [4.78, 5) is 10.8. The zero-order valence-corrected chi connectivity index (χ0v) is 11.4. The van der Waals surface area contributed by atoms with E-state index in [1.54, 1.807) is 6.07 Å². The lowest BCUT2D eigenvalue weighted by Crippen LogP contribution is -2.49. The maximum Gasteiger partial charge on any atom is 0.338 e. The molecule has 1 spiro atoms. The zero-order chi connectivity index (χ0) is 14.2. The first-order valence-corrected chi connectivity index (χ1v) is 7.30. The molecular weight excluding hydrogens is 259 g/mol. The lowest BCUT2D eigenvalue weighted by atomic mass is 9.58. The summed E-state index contributed by atoms with van der Waals surface area (Å²) in [5.41, 5.74) is -0.0152. The van der Waals surface area contributed by atoms with Crippen LogP contribution in [0.1, 0.15) is 55.3 Å². The van der Waals surface area contributed by atoms with E-state index in [-0.39, 0.29) is 11.7 Å². The molecule has 1 N–H and O–H groups in total. The highest BCUT2D eigenvalue weighted by Crippen LogP contribution is 2.53. The molecule has 3 nitrogen and oxygen atoms in total. The molecule has 1 atom stereocenters. The van der Waals surface area contributed by atoms with Gasteiger partial charge < -0.3 is 9.84 Å². The molecule has 3 rings (SSSR count). The van der Waals surface area contributed by atoms with Crippen LogP contribution in [0.15, 0.2) is 18.2 Å². The van der Waals surface area contributed by atoms with Gasteiger partial charge in [0.2, 0.25) is 0 Å². The Balaban J connectivity index is 1.72. The van der Waals surface area contributed by atoms with Gasteiger partial charge in [0.25, 0.3) is 0 Å². The SMILES string of the molecule is O=C(O)c1ccc(OC2CCC23CCCCC3)cc1F. The Morgan fingerprint density at radius 3 is 2.55 bits per heavy atom. The third-order valence-electron chi connectivity index (χ3n) is 4.89. The third kappa shape index (κ3) is 2.28. The van der Waals surface area contributed by atoms with E-state index in [1.165, 1.54) is 50.7 Å². The van der Waals surface area contributed by atoms with Gasteiger partial charge in [-0.05, 0) is 37.8 Å². The molecule has 2 aliphatic rings. The highest BCUT2D eigenvalue weighted by molar-refractivity contribution is 5.88. The van der Waals surface area contributed by atoms with E-state index >= 15 is 0 Å². The summed E-state index contributed by atoms with van der Waals surface area (Å²) in [6.45, 7) is 0. The number of carboxylic acid groups (broad SMARTS) is 1. The number of hydrogen-bond donors (Lipinski definition) is 1.